The van der Waals surface area contributed by atoms with Gasteiger partial charge in [-0.25, -0.2) is 9.97 Å². The maximum absolute atomic E-state index is 12.3. The fraction of sp³-hybridized carbons (Fsp3) is 0.250. The predicted octanol–water partition coefficient (Wildman–Crippen LogP) is 2.20. The molecule has 1 fully saturated rings. The Labute approximate surface area is 128 Å². The summed E-state index contributed by atoms with van der Waals surface area (Å²) in [6.07, 6.45) is 3.85. The minimum Gasteiger partial charge on any atom is -0.341 e. The second kappa shape index (κ2) is 6.22. The van der Waals surface area contributed by atoms with Crippen LogP contribution >= 0.6 is 0 Å². The Morgan fingerprint density at radius 2 is 2.09 bits per heavy atom. The van der Waals surface area contributed by atoms with Gasteiger partial charge in [-0.1, -0.05) is 6.07 Å². The van der Waals surface area contributed by atoms with E-state index >= 15 is 0 Å². The summed E-state index contributed by atoms with van der Waals surface area (Å²) in [5, 5.41) is 11.6. The van der Waals surface area contributed by atoms with Crippen LogP contribution in [-0.2, 0) is 0 Å². The van der Waals surface area contributed by atoms with Gasteiger partial charge in [-0.15, -0.1) is 0 Å². The summed E-state index contributed by atoms with van der Waals surface area (Å²) in [4.78, 5) is 22.9. The summed E-state index contributed by atoms with van der Waals surface area (Å²) in [7, 11) is 0. The Kier molecular flexibility index (Phi) is 3.97. The van der Waals surface area contributed by atoms with Gasteiger partial charge in [0.15, 0.2) is 0 Å². The van der Waals surface area contributed by atoms with E-state index < -0.39 is 0 Å². The Bertz CT molecular complexity index is 731. The van der Waals surface area contributed by atoms with Gasteiger partial charge in [-0.05, 0) is 37.1 Å². The highest BCUT2D eigenvalue weighted by Gasteiger charge is 2.17. The Hall–Kier alpha value is -2.94. The molecule has 0 bridgehead atoms. The smallest absolute Gasteiger partial charge is 0.274 e. The summed E-state index contributed by atoms with van der Waals surface area (Å²) < 4.78 is 0. The number of rotatable bonds is 3. The lowest BCUT2D eigenvalue weighted by Gasteiger charge is -2.15. The molecule has 1 N–H and O–H groups in total. The van der Waals surface area contributed by atoms with Gasteiger partial charge in [0.25, 0.3) is 5.91 Å². The molecule has 1 aliphatic heterocycles. The van der Waals surface area contributed by atoms with Gasteiger partial charge in [0.1, 0.15) is 5.69 Å². The van der Waals surface area contributed by atoms with Crippen molar-refractivity contribution in [3.63, 3.8) is 0 Å². The van der Waals surface area contributed by atoms with Gasteiger partial charge >= 0.3 is 0 Å². The highest BCUT2D eigenvalue weighted by Crippen LogP contribution is 2.16. The number of hydrogen-bond donors (Lipinski definition) is 1. The van der Waals surface area contributed by atoms with Crippen LogP contribution in [0.1, 0.15) is 28.9 Å². The first-order valence-corrected chi connectivity index (χ1v) is 7.16. The van der Waals surface area contributed by atoms with Crippen molar-refractivity contribution in [1.82, 2.24) is 9.97 Å². The number of carbonyl (C=O) groups excluding carboxylic acids is 1. The Morgan fingerprint density at radius 1 is 1.27 bits per heavy atom. The van der Waals surface area contributed by atoms with E-state index in [1.54, 1.807) is 36.5 Å². The summed E-state index contributed by atoms with van der Waals surface area (Å²) in [6.45, 7) is 1.85. The normalized spacial score (nSPS) is 13.7. The van der Waals surface area contributed by atoms with Crippen molar-refractivity contribution in [2.75, 3.05) is 23.3 Å². The molecule has 0 atom stereocenters. The number of nitrogens with one attached hydrogen (secondary N) is 1. The topological polar surface area (TPSA) is 81.9 Å². The van der Waals surface area contributed by atoms with Gasteiger partial charge in [0.2, 0.25) is 5.95 Å². The molecule has 6 nitrogen and oxygen atoms in total. The molecule has 1 aromatic heterocycles. The maximum atomic E-state index is 12.3. The molecule has 1 aromatic carbocycles. The van der Waals surface area contributed by atoms with Crippen molar-refractivity contribution in [3.8, 4) is 6.07 Å². The summed E-state index contributed by atoms with van der Waals surface area (Å²) in [5.41, 5.74) is 1.39. The van der Waals surface area contributed by atoms with Crippen molar-refractivity contribution < 1.29 is 4.79 Å². The molecule has 0 radical (unpaired) electrons. The van der Waals surface area contributed by atoms with Gasteiger partial charge in [-0.3, -0.25) is 4.79 Å². The average molecular weight is 293 g/mol. The second-order valence-corrected chi connectivity index (χ2v) is 5.08. The monoisotopic (exact) mass is 293 g/mol. The molecular formula is C16H15N5O. The molecule has 2 heterocycles. The van der Waals surface area contributed by atoms with Crippen LogP contribution in [0.4, 0.5) is 11.6 Å². The molecule has 2 aromatic rings. The largest absolute Gasteiger partial charge is 0.341 e. The quantitative estimate of drug-likeness (QED) is 0.938. The zero-order valence-electron chi connectivity index (χ0n) is 12.0. The molecule has 1 amide bonds. The van der Waals surface area contributed by atoms with E-state index in [0.29, 0.717) is 22.9 Å². The zero-order chi connectivity index (χ0) is 15.4. The van der Waals surface area contributed by atoms with E-state index in [1.165, 1.54) is 0 Å². The molecule has 0 saturated carbocycles. The van der Waals surface area contributed by atoms with Crippen LogP contribution in [0.2, 0.25) is 0 Å². The number of carbonyl (C=O) groups is 1. The molecule has 1 saturated heterocycles. The van der Waals surface area contributed by atoms with E-state index in [9.17, 15) is 4.79 Å². The van der Waals surface area contributed by atoms with Gasteiger partial charge < -0.3 is 10.2 Å². The molecule has 6 heteroatoms. The number of aromatic nitrogens is 2. The highest BCUT2D eigenvalue weighted by molar-refractivity contribution is 6.03. The molecule has 22 heavy (non-hydrogen) atoms. The van der Waals surface area contributed by atoms with Crippen LogP contribution in [0.25, 0.3) is 0 Å². The van der Waals surface area contributed by atoms with Crippen molar-refractivity contribution >= 4 is 17.5 Å². The van der Waals surface area contributed by atoms with Crippen LogP contribution in [0.15, 0.2) is 36.5 Å². The number of amides is 1. The summed E-state index contributed by atoms with van der Waals surface area (Å²) >= 11 is 0. The predicted molar refractivity (Wildman–Crippen MR) is 82.6 cm³/mol. The van der Waals surface area contributed by atoms with Crippen LogP contribution in [0.5, 0.6) is 0 Å². The lowest BCUT2D eigenvalue weighted by molar-refractivity contribution is 0.102. The molecule has 0 unspecified atom stereocenters. The first kappa shape index (κ1) is 14.0. The number of benzene rings is 1. The average Bonchev–Trinajstić information content (AvgIpc) is 3.09. The molecule has 0 aliphatic carbocycles. The van der Waals surface area contributed by atoms with Gasteiger partial charge in [-0.2, -0.15) is 5.26 Å². The fourth-order valence-electron chi connectivity index (χ4n) is 2.41. The molecule has 3 rings (SSSR count). The van der Waals surface area contributed by atoms with E-state index in [2.05, 4.69) is 20.2 Å². The van der Waals surface area contributed by atoms with E-state index in [1.807, 2.05) is 6.07 Å². The lowest BCUT2D eigenvalue weighted by atomic mass is 10.2. The summed E-state index contributed by atoms with van der Waals surface area (Å²) in [6, 6.07) is 10.4. The minimum absolute atomic E-state index is 0.307. The van der Waals surface area contributed by atoms with E-state index in [-0.39, 0.29) is 5.91 Å². The number of anilines is 2. The Balaban J connectivity index is 1.77. The van der Waals surface area contributed by atoms with E-state index in [0.717, 1.165) is 25.9 Å². The molecule has 0 spiro atoms. The van der Waals surface area contributed by atoms with Gasteiger partial charge in [0, 0.05) is 25.0 Å². The van der Waals surface area contributed by atoms with Crippen molar-refractivity contribution in [3.05, 3.63) is 47.8 Å². The highest BCUT2D eigenvalue weighted by atomic mass is 16.1. The first-order chi connectivity index (χ1) is 10.8. The lowest BCUT2D eigenvalue weighted by Crippen LogP contribution is -2.22. The zero-order valence-corrected chi connectivity index (χ0v) is 12.0. The van der Waals surface area contributed by atoms with Crippen molar-refractivity contribution in [1.29, 1.82) is 5.26 Å². The first-order valence-electron chi connectivity index (χ1n) is 7.16. The minimum atomic E-state index is -0.307. The van der Waals surface area contributed by atoms with Crippen LogP contribution < -0.4 is 10.2 Å². The van der Waals surface area contributed by atoms with Crippen LogP contribution in [0, 0.1) is 11.3 Å². The van der Waals surface area contributed by atoms with Crippen LogP contribution in [0.3, 0.4) is 0 Å². The third-order valence-electron chi connectivity index (χ3n) is 3.51. The van der Waals surface area contributed by atoms with Crippen molar-refractivity contribution in [2.45, 2.75) is 12.8 Å². The number of nitrogens with zero attached hydrogens (tertiary/aromatic N) is 4. The SMILES string of the molecule is N#Cc1cccc(NC(=O)c2ccnc(N3CCCC3)n2)c1. The summed E-state index contributed by atoms with van der Waals surface area (Å²) in [5.74, 6) is 0.286. The molecule has 110 valence electrons. The number of hydrogen-bond acceptors (Lipinski definition) is 5. The molecular weight excluding hydrogens is 278 g/mol. The number of nitriles is 1. The maximum Gasteiger partial charge on any atom is 0.274 e. The third kappa shape index (κ3) is 3.04. The second-order valence-electron chi connectivity index (χ2n) is 5.08. The van der Waals surface area contributed by atoms with Gasteiger partial charge in [0.05, 0.1) is 11.6 Å². The Morgan fingerprint density at radius 3 is 2.86 bits per heavy atom. The standard InChI is InChI=1S/C16H15N5O/c17-11-12-4-3-5-13(10-12)19-15(22)14-6-7-18-16(20-14)21-8-1-2-9-21/h3-7,10H,1-2,8-9H2,(H,19,22). The molecule has 1 aliphatic rings. The fourth-order valence-corrected chi connectivity index (χ4v) is 2.41. The van der Waals surface area contributed by atoms with Crippen LogP contribution in [-0.4, -0.2) is 29.0 Å². The van der Waals surface area contributed by atoms with Crippen molar-refractivity contribution in [2.24, 2.45) is 0 Å². The third-order valence-corrected chi connectivity index (χ3v) is 3.51. The van der Waals surface area contributed by atoms with E-state index in [4.69, 9.17) is 5.26 Å².